The molecule has 0 aromatic rings. The molecule has 2 rings (SSSR count). The Morgan fingerprint density at radius 3 is 2.72 bits per heavy atom. The molecular formula is C13H21F2NO2. The van der Waals surface area contributed by atoms with Crippen molar-refractivity contribution in [3.8, 4) is 0 Å². The van der Waals surface area contributed by atoms with Crippen molar-refractivity contribution in [1.29, 1.82) is 0 Å². The van der Waals surface area contributed by atoms with Crippen molar-refractivity contribution in [2.75, 3.05) is 6.54 Å². The van der Waals surface area contributed by atoms with Gasteiger partial charge in [0.25, 0.3) is 0 Å². The van der Waals surface area contributed by atoms with Crippen molar-refractivity contribution in [3.05, 3.63) is 0 Å². The quantitative estimate of drug-likeness (QED) is 0.818. The highest BCUT2D eigenvalue weighted by atomic mass is 19.3. The first-order valence-corrected chi connectivity index (χ1v) is 6.80. The first-order valence-electron chi connectivity index (χ1n) is 6.80. The topological polar surface area (TPSA) is 49.3 Å². The molecule has 0 spiro atoms. The number of halogens is 2. The second kappa shape index (κ2) is 5.51. The van der Waals surface area contributed by atoms with E-state index in [1.165, 1.54) is 0 Å². The summed E-state index contributed by atoms with van der Waals surface area (Å²) in [5.41, 5.74) is 0. The maximum Gasteiger partial charge on any atom is 0.306 e. The van der Waals surface area contributed by atoms with Crippen LogP contribution >= 0.6 is 0 Å². The zero-order valence-corrected chi connectivity index (χ0v) is 10.5. The van der Waals surface area contributed by atoms with Crippen LogP contribution in [0.25, 0.3) is 0 Å². The third-order valence-corrected chi connectivity index (χ3v) is 4.22. The number of aliphatic carboxylic acids is 1. The molecule has 3 nitrogen and oxygen atoms in total. The van der Waals surface area contributed by atoms with Crippen molar-refractivity contribution in [1.82, 2.24) is 5.32 Å². The van der Waals surface area contributed by atoms with Gasteiger partial charge in [0, 0.05) is 18.9 Å². The van der Waals surface area contributed by atoms with Crippen LogP contribution in [-0.4, -0.2) is 29.6 Å². The fraction of sp³-hybridized carbons (Fsp3) is 0.923. The molecule has 2 saturated carbocycles. The molecule has 104 valence electrons. The molecule has 0 aromatic heterocycles. The SMILES string of the molecule is O=C(O)C1CCCC(NCC2CCC(F)(F)C2)C1. The fourth-order valence-electron chi connectivity index (χ4n) is 3.15. The van der Waals surface area contributed by atoms with Crippen LogP contribution in [0.5, 0.6) is 0 Å². The molecule has 2 aliphatic carbocycles. The first kappa shape index (κ1) is 13.7. The van der Waals surface area contributed by atoms with E-state index < -0.39 is 11.9 Å². The van der Waals surface area contributed by atoms with Gasteiger partial charge < -0.3 is 10.4 Å². The number of hydrogen-bond donors (Lipinski definition) is 2. The highest BCUT2D eigenvalue weighted by molar-refractivity contribution is 5.70. The van der Waals surface area contributed by atoms with E-state index in [-0.39, 0.29) is 30.7 Å². The number of rotatable bonds is 4. The minimum Gasteiger partial charge on any atom is -0.481 e. The van der Waals surface area contributed by atoms with Crippen LogP contribution in [0.2, 0.25) is 0 Å². The average Bonchev–Trinajstić information content (AvgIpc) is 2.67. The van der Waals surface area contributed by atoms with Crippen LogP contribution < -0.4 is 5.32 Å². The van der Waals surface area contributed by atoms with Gasteiger partial charge in [0.15, 0.2) is 0 Å². The average molecular weight is 261 g/mol. The summed E-state index contributed by atoms with van der Waals surface area (Å²) in [4.78, 5) is 10.9. The second-order valence-corrected chi connectivity index (χ2v) is 5.77. The molecule has 3 atom stereocenters. The maximum absolute atomic E-state index is 13.0. The molecule has 0 aromatic carbocycles. The van der Waals surface area contributed by atoms with E-state index in [2.05, 4.69) is 5.32 Å². The summed E-state index contributed by atoms with van der Waals surface area (Å²) < 4.78 is 26.0. The molecule has 0 radical (unpaired) electrons. The van der Waals surface area contributed by atoms with Gasteiger partial charge in [-0.1, -0.05) is 6.42 Å². The Morgan fingerprint density at radius 2 is 2.11 bits per heavy atom. The zero-order valence-electron chi connectivity index (χ0n) is 10.5. The predicted molar refractivity (Wildman–Crippen MR) is 63.7 cm³/mol. The molecular weight excluding hydrogens is 240 g/mol. The Kier molecular flexibility index (Phi) is 4.20. The third kappa shape index (κ3) is 3.64. The highest BCUT2D eigenvalue weighted by Crippen LogP contribution is 2.38. The van der Waals surface area contributed by atoms with E-state index in [0.717, 1.165) is 19.3 Å². The lowest BCUT2D eigenvalue weighted by Crippen LogP contribution is -2.38. The summed E-state index contributed by atoms with van der Waals surface area (Å²) in [6.45, 7) is 0.604. The van der Waals surface area contributed by atoms with E-state index in [9.17, 15) is 13.6 Å². The van der Waals surface area contributed by atoms with Crippen molar-refractivity contribution in [2.45, 2.75) is 56.9 Å². The van der Waals surface area contributed by atoms with Gasteiger partial charge in [0.05, 0.1) is 5.92 Å². The van der Waals surface area contributed by atoms with Crippen LogP contribution in [-0.2, 0) is 4.79 Å². The summed E-state index contributed by atoms with van der Waals surface area (Å²) in [6.07, 6.45) is 3.82. The Bertz CT molecular complexity index is 309. The summed E-state index contributed by atoms with van der Waals surface area (Å²) in [6, 6.07) is 0.189. The van der Waals surface area contributed by atoms with Crippen LogP contribution in [0.15, 0.2) is 0 Å². The Balaban J connectivity index is 1.72. The molecule has 0 bridgehead atoms. The summed E-state index contributed by atoms with van der Waals surface area (Å²) in [5.74, 6) is -3.43. The molecule has 2 aliphatic rings. The van der Waals surface area contributed by atoms with E-state index in [1.54, 1.807) is 0 Å². The lowest BCUT2D eigenvalue weighted by atomic mass is 9.85. The molecule has 18 heavy (non-hydrogen) atoms. The first-order chi connectivity index (χ1) is 8.46. The van der Waals surface area contributed by atoms with Crippen molar-refractivity contribution >= 4 is 5.97 Å². The van der Waals surface area contributed by atoms with Gasteiger partial charge in [-0.3, -0.25) is 4.79 Å². The van der Waals surface area contributed by atoms with Gasteiger partial charge >= 0.3 is 5.97 Å². The maximum atomic E-state index is 13.0. The zero-order chi connectivity index (χ0) is 13.2. The van der Waals surface area contributed by atoms with Crippen LogP contribution in [0.4, 0.5) is 8.78 Å². The molecule has 0 saturated heterocycles. The predicted octanol–water partition coefficient (Wildman–Crippen LogP) is 2.65. The van der Waals surface area contributed by atoms with Crippen molar-refractivity contribution < 1.29 is 18.7 Å². The fourth-order valence-corrected chi connectivity index (χ4v) is 3.15. The minimum absolute atomic E-state index is 0.00175. The molecule has 2 fully saturated rings. The number of carbonyl (C=O) groups is 1. The minimum atomic E-state index is -2.48. The number of carboxylic acid groups (broad SMARTS) is 1. The van der Waals surface area contributed by atoms with Gasteiger partial charge in [0.2, 0.25) is 5.92 Å². The smallest absolute Gasteiger partial charge is 0.306 e. The van der Waals surface area contributed by atoms with Gasteiger partial charge in [-0.05, 0) is 38.1 Å². The van der Waals surface area contributed by atoms with E-state index in [4.69, 9.17) is 5.11 Å². The third-order valence-electron chi connectivity index (χ3n) is 4.22. The van der Waals surface area contributed by atoms with Crippen molar-refractivity contribution in [2.24, 2.45) is 11.8 Å². The molecule has 5 heteroatoms. The molecule has 0 heterocycles. The van der Waals surface area contributed by atoms with Crippen LogP contribution in [0.3, 0.4) is 0 Å². The Hall–Kier alpha value is -0.710. The van der Waals surface area contributed by atoms with Crippen molar-refractivity contribution in [3.63, 3.8) is 0 Å². The number of hydrogen-bond acceptors (Lipinski definition) is 2. The van der Waals surface area contributed by atoms with E-state index >= 15 is 0 Å². The number of alkyl halides is 2. The van der Waals surface area contributed by atoms with Gasteiger partial charge in [-0.25, -0.2) is 8.78 Å². The van der Waals surface area contributed by atoms with Gasteiger partial charge in [0.1, 0.15) is 0 Å². The molecule has 2 N–H and O–H groups in total. The van der Waals surface area contributed by atoms with Crippen LogP contribution in [0, 0.1) is 11.8 Å². The number of nitrogens with one attached hydrogen (secondary N) is 1. The molecule has 0 amide bonds. The number of carboxylic acids is 1. The summed E-state index contributed by atoms with van der Waals surface area (Å²) in [5, 5.41) is 12.3. The van der Waals surface area contributed by atoms with Crippen LogP contribution in [0.1, 0.15) is 44.9 Å². The van der Waals surface area contributed by atoms with E-state index in [0.29, 0.717) is 19.4 Å². The summed E-state index contributed by atoms with van der Waals surface area (Å²) in [7, 11) is 0. The lowest BCUT2D eigenvalue weighted by Gasteiger charge is -2.28. The Labute approximate surface area is 106 Å². The van der Waals surface area contributed by atoms with Gasteiger partial charge in [-0.2, -0.15) is 0 Å². The standard InChI is InChI=1S/C13H21F2NO2/c14-13(15)5-4-9(7-13)8-16-11-3-1-2-10(6-11)12(17)18/h9-11,16H,1-8H2,(H,17,18). The normalized spacial score (nSPS) is 35.6. The molecule has 0 aliphatic heterocycles. The largest absolute Gasteiger partial charge is 0.481 e. The van der Waals surface area contributed by atoms with E-state index in [1.807, 2.05) is 0 Å². The Morgan fingerprint density at radius 1 is 1.33 bits per heavy atom. The lowest BCUT2D eigenvalue weighted by molar-refractivity contribution is -0.143. The van der Waals surface area contributed by atoms with Gasteiger partial charge in [-0.15, -0.1) is 0 Å². The summed E-state index contributed by atoms with van der Waals surface area (Å²) >= 11 is 0. The monoisotopic (exact) mass is 261 g/mol. The second-order valence-electron chi connectivity index (χ2n) is 5.77. The highest BCUT2D eigenvalue weighted by Gasteiger charge is 2.39. The molecule has 3 unspecified atom stereocenters.